The Labute approximate surface area is 195 Å². The van der Waals surface area contributed by atoms with E-state index in [1.807, 2.05) is 0 Å². The Balaban J connectivity index is 2.11. The van der Waals surface area contributed by atoms with Crippen molar-refractivity contribution in [2.75, 3.05) is 17.1 Å². The molecule has 1 amide bonds. The fourth-order valence-electron chi connectivity index (χ4n) is 3.27. The number of benzene rings is 2. The molecule has 170 valence electrons. The number of halogens is 2. The van der Waals surface area contributed by atoms with Gasteiger partial charge in [0, 0.05) is 17.1 Å². The number of nitrogens with zero attached hydrogens (tertiary/aromatic N) is 1. The Morgan fingerprint density at radius 3 is 2.35 bits per heavy atom. The van der Waals surface area contributed by atoms with Crippen LogP contribution in [0.3, 0.4) is 0 Å². The molecule has 1 atom stereocenters. The molecular weight excluding hydrogens is 455 g/mol. The molecule has 0 aromatic heterocycles. The van der Waals surface area contributed by atoms with Crippen LogP contribution in [0.1, 0.15) is 55.5 Å². The monoisotopic (exact) mass is 484 g/mol. The van der Waals surface area contributed by atoms with Gasteiger partial charge in [-0.15, -0.1) is 0 Å². The molecule has 0 aliphatic carbocycles. The highest BCUT2D eigenvalue weighted by atomic mass is 35.5. The molecule has 0 radical (unpaired) electrons. The number of rotatable bonds is 11. The SMILES string of the molecule is CCCCC(CC)CNC(=O)c1ccc(CN(c2cc(Cl)ccc2Cl)S(C)(=O)=O)cc1. The summed E-state index contributed by atoms with van der Waals surface area (Å²) in [7, 11) is -3.60. The first kappa shape index (κ1) is 25.5. The van der Waals surface area contributed by atoms with Crippen molar-refractivity contribution in [1.82, 2.24) is 5.32 Å². The maximum absolute atomic E-state index is 12.5. The van der Waals surface area contributed by atoms with Gasteiger partial charge in [-0.2, -0.15) is 0 Å². The van der Waals surface area contributed by atoms with Crippen LogP contribution in [0, 0.1) is 5.92 Å². The highest BCUT2D eigenvalue weighted by Crippen LogP contribution is 2.31. The average Bonchev–Trinajstić information content (AvgIpc) is 2.73. The molecule has 31 heavy (non-hydrogen) atoms. The lowest BCUT2D eigenvalue weighted by molar-refractivity contribution is 0.0946. The van der Waals surface area contributed by atoms with Gasteiger partial charge in [0.1, 0.15) is 0 Å². The summed E-state index contributed by atoms with van der Waals surface area (Å²) < 4.78 is 26.0. The summed E-state index contributed by atoms with van der Waals surface area (Å²) in [6.07, 6.45) is 5.58. The molecular formula is C23H30Cl2N2O3S. The molecule has 0 aliphatic rings. The minimum Gasteiger partial charge on any atom is -0.352 e. The first-order valence-corrected chi connectivity index (χ1v) is 13.1. The number of hydrogen-bond donors (Lipinski definition) is 1. The molecule has 2 aromatic rings. The van der Waals surface area contributed by atoms with Crippen LogP contribution in [0.5, 0.6) is 0 Å². The molecule has 2 aromatic carbocycles. The molecule has 0 spiro atoms. The van der Waals surface area contributed by atoms with Crippen molar-refractivity contribution in [3.8, 4) is 0 Å². The van der Waals surface area contributed by atoms with Crippen LogP contribution < -0.4 is 9.62 Å². The predicted octanol–water partition coefficient (Wildman–Crippen LogP) is 5.91. The lowest BCUT2D eigenvalue weighted by Gasteiger charge is -2.24. The standard InChI is InChI=1S/C23H30Cl2N2O3S/c1-4-6-7-17(5-2)15-26-23(28)19-10-8-18(9-11-19)16-27(31(3,29)30)22-14-20(24)12-13-21(22)25/h8-14,17H,4-7,15-16H2,1-3H3,(H,26,28). The van der Waals surface area contributed by atoms with Crippen LogP contribution in [0.4, 0.5) is 5.69 Å². The second kappa shape index (κ2) is 11.7. The molecule has 0 aliphatic heterocycles. The molecule has 0 bridgehead atoms. The van der Waals surface area contributed by atoms with Crippen LogP contribution in [0.15, 0.2) is 42.5 Å². The van der Waals surface area contributed by atoms with Crippen LogP contribution >= 0.6 is 23.2 Å². The van der Waals surface area contributed by atoms with Crippen molar-refractivity contribution in [3.05, 3.63) is 63.6 Å². The Morgan fingerprint density at radius 1 is 1.10 bits per heavy atom. The summed E-state index contributed by atoms with van der Waals surface area (Å²) in [5, 5.41) is 3.69. The van der Waals surface area contributed by atoms with E-state index in [2.05, 4.69) is 19.2 Å². The summed E-state index contributed by atoms with van der Waals surface area (Å²) in [4.78, 5) is 12.5. The van der Waals surface area contributed by atoms with Gasteiger partial charge in [-0.1, -0.05) is 68.4 Å². The third kappa shape index (κ3) is 7.70. The number of anilines is 1. The zero-order chi connectivity index (χ0) is 23.0. The van der Waals surface area contributed by atoms with Crippen LogP contribution in [0.25, 0.3) is 0 Å². The van der Waals surface area contributed by atoms with Crippen molar-refractivity contribution in [3.63, 3.8) is 0 Å². The van der Waals surface area contributed by atoms with Gasteiger partial charge in [0.2, 0.25) is 10.0 Å². The second-order valence-electron chi connectivity index (χ2n) is 7.69. The molecule has 2 rings (SSSR count). The molecule has 0 saturated heterocycles. The first-order chi connectivity index (χ1) is 14.7. The fourth-order valence-corrected chi connectivity index (χ4v) is 4.60. The van der Waals surface area contributed by atoms with Crippen molar-refractivity contribution < 1.29 is 13.2 Å². The van der Waals surface area contributed by atoms with Gasteiger partial charge in [-0.25, -0.2) is 8.42 Å². The van der Waals surface area contributed by atoms with E-state index in [-0.39, 0.29) is 12.5 Å². The quantitative estimate of drug-likeness (QED) is 0.431. The molecule has 0 saturated carbocycles. The minimum absolute atomic E-state index is 0.0791. The number of hydrogen-bond acceptors (Lipinski definition) is 3. The van der Waals surface area contributed by atoms with Gasteiger partial charge in [-0.05, 0) is 48.2 Å². The van der Waals surface area contributed by atoms with E-state index < -0.39 is 10.0 Å². The predicted molar refractivity (Wildman–Crippen MR) is 130 cm³/mol. The smallest absolute Gasteiger partial charge is 0.251 e. The van der Waals surface area contributed by atoms with Crippen molar-refractivity contribution >= 4 is 44.8 Å². The van der Waals surface area contributed by atoms with E-state index >= 15 is 0 Å². The molecule has 5 nitrogen and oxygen atoms in total. The van der Waals surface area contributed by atoms with E-state index in [9.17, 15) is 13.2 Å². The highest BCUT2D eigenvalue weighted by Gasteiger charge is 2.21. The lowest BCUT2D eigenvalue weighted by Crippen LogP contribution is -2.30. The topological polar surface area (TPSA) is 66.5 Å². The number of sulfonamides is 1. The van der Waals surface area contributed by atoms with E-state index in [0.717, 1.165) is 37.5 Å². The van der Waals surface area contributed by atoms with Crippen molar-refractivity contribution in [2.45, 2.75) is 46.1 Å². The molecule has 0 fully saturated rings. The van der Waals surface area contributed by atoms with Crippen LogP contribution in [0.2, 0.25) is 10.0 Å². The number of nitrogens with one attached hydrogen (secondary N) is 1. The molecule has 1 N–H and O–H groups in total. The maximum atomic E-state index is 12.5. The molecule has 8 heteroatoms. The second-order valence-corrected chi connectivity index (χ2v) is 10.4. The third-order valence-corrected chi connectivity index (χ3v) is 6.90. The average molecular weight is 485 g/mol. The summed E-state index contributed by atoms with van der Waals surface area (Å²) >= 11 is 12.3. The summed E-state index contributed by atoms with van der Waals surface area (Å²) in [5.74, 6) is 0.355. The fraction of sp³-hybridized carbons (Fsp3) is 0.435. The van der Waals surface area contributed by atoms with Gasteiger partial charge in [0.25, 0.3) is 5.91 Å². The zero-order valence-electron chi connectivity index (χ0n) is 18.2. The van der Waals surface area contributed by atoms with E-state index in [4.69, 9.17) is 23.2 Å². The number of unbranched alkanes of at least 4 members (excludes halogenated alkanes) is 1. The zero-order valence-corrected chi connectivity index (χ0v) is 20.5. The summed E-state index contributed by atoms with van der Waals surface area (Å²) in [6, 6.07) is 11.6. The van der Waals surface area contributed by atoms with Crippen LogP contribution in [-0.4, -0.2) is 27.1 Å². The number of carbonyl (C=O) groups is 1. The minimum atomic E-state index is -3.60. The van der Waals surface area contributed by atoms with Crippen molar-refractivity contribution in [1.29, 1.82) is 0 Å². The van der Waals surface area contributed by atoms with Gasteiger partial charge in [0.15, 0.2) is 0 Å². The van der Waals surface area contributed by atoms with Crippen LogP contribution in [-0.2, 0) is 16.6 Å². The molecule has 0 heterocycles. The Hall–Kier alpha value is -1.76. The number of carbonyl (C=O) groups excluding carboxylic acids is 1. The maximum Gasteiger partial charge on any atom is 0.251 e. The van der Waals surface area contributed by atoms with E-state index in [1.165, 1.54) is 10.4 Å². The summed E-state index contributed by atoms with van der Waals surface area (Å²) in [6.45, 7) is 5.04. The Kier molecular flexibility index (Phi) is 9.66. The molecule has 1 unspecified atom stereocenters. The first-order valence-electron chi connectivity index (χ1n) is 10.5. The van der Waals surface area contributed by atoms with Gasteiger partial charge in [0.05, 0.1) is 23.5 Å². The van der Waals surface area contributed by atoms with E-state index in [1.54, 1.807) is 36.4 Å². The largest absolute Gasteiger partial charge is 0.352 e. The highest BCUT2D eigenvalue weighted by molar-refractivity contribution is 7.92. The van der Waals surface area contributed by atoms with E-state index in [0.29, 0.717) is 33.8 Å². The Bertz CT molecular complexity index is 979. The van der Waals surface area contributed by atoms with Gasteiger partial charge >= 0.3 is 0 Å². The lowest BCUT2D eigenvalue weighted by atomic mass is 9.99. The number of amides is 1. The van der Waals surface area contributed by atoms with Gasteiger partial charge in [-0.3, -0.25) is 9.10 Å². The van der Waals surface area contributed by atoms with Gasteiger partial charge < -0.3 is 5.32 Å². The Morgan fingerprint density at radius 2 is 1.77 bits per heavy atom. The normalized spacial score (nSPS) is 12.4. The summed E-state index contributed by atoms with van der Waals surface area (Å²) in [5.41, 5.74) is 1.59. The third-order valence-electron chi connectivity index (χ3n) is 5.21. The van der Waals surface area contributed by atoms with Crippen molar-refractivity contribution in [2.24, 2.45) is 5.92 Å².